The number of piperazine rings is 1. The first-order chi connectivity index (χ1) is 26.0. The number of hydrogen-bond donors (Lipinski definition) is 1. The first kappa shape index (κ1) is 40.9. The lowest BCUT2D eigenvalue weighted by molar-refractivity contribution is -0.113. The standard InChI is InChI=1S/C42H59ClN4O6S/c1-6-8-31-21-35(43)12-13-37(31)34-24-47-23-33-10-14-38(33)42(51-5,28-46-18-17-45(4)36(25-46)27-52-20-19-48)16-7-9-29(2)30(3)54(50)44-41(49)32-11-15-40(53-26-34)39(47)22-32/h7,11-13,15-16,19,21-22,29-30,33-34,36,38H,6,8-10,14,17-18,20,23-28H2,1-5H3,(H,44,49)/b16-7+/t29?,30?,33?,34?,36?,38?,42-,54?/m1/s1. The number of carbonyl (C=O) groups excluding carboxylic acids is 2. The minimum absolute atomic E-state index is 0.0587. The van der Waals surface area contributed by atoms with Crippen molar-refractivity contribution in [3.63, 3.8) is 0 Å². The Balaban J connectivity index is 1.37. The Morgan fingerprint density at radius 1 is 1.11 bits per heavy atom. The first-order valence-corrected chi connectivity index (χ1v) is 21.3. The predicted octanol–water partition coefficient (Wildman–Crippen LogP) is 5.90. The van der Waals surface area contributed by atoms with Gasteiger partial charge in [0.15, 0.2) is 0 Å². The highest BCUT2D eigenvalue weighted by atomic mass is 35.5. The molecular weight excluding hydrogens is 724 g/mol. The van der Waals surface area contributed by atoms with Gasteiger partial charge in [0.1, 0.15) is 35.2 Å². The summed E-state index contributed by atoms with van der Waals surface area (Å²) in [4.78, 5) is 31.8. The number of methoxy groups -OCH3 is 1. The molecule has 4 aliphatic rings. The highest BCUT2D eigenvalue weighted by molar-refractivity contribution is 7.84. The Hall–Kier alpha value is -2.80. The van der Waals surface area contributed by atoms with Crippen molar-refractivity contribution in [2.45, 2.75) is 75.7 Å². The van der Waals surface area contributed by atoms with Crippen LogP contribution >= 0.6 is 11.6 Å². The average molecular weight is 783 g/mol. The quantitative estimate of drug-likeness (QED) is 0.180. The van der Waals surface area contributed by atoms with Gasteiger partial charge < -0.3 is 23.9 Å². The van der Waals surface area contributed by atoms with E-state index in [4.69, 9.17) is 25.8 Å². The van der Waals surface area contributed by atoms with Crippen LogP contribution in [0.5, 0.6) is 5.75 Å². The van der Waals surface area contributed by atoms with Crippen molar-refractivity contribution in [1.29, 1.82) is 0 Å². The molecule has 6 rings (SSSR count). The number of likely N-dealkylation sites (N-methyl/N-ethyl adjacent to an activating group) is 1. The number of amides is 1. The summed E-state index contributed by atoms with van der Waals surface area (Å²) >= 11 is 6.50. The summed E-state index contributed by atoms with van der Waals surface area (Å²) in [5.41, 5.74) is 3.31. The van der Waals surface area contributed by atoms with E-state index in [1.165, 1.54) is 11.1 Å². The maximum absolute atomic E-state index is 13.6. The molecule has 8 atom stereocenters. The van der Waals surface area contributed by atoms with Crippen LogP contribution in [-0.4, -0.2) is 116 Å². The summed E-state index contributed by atoms with van der Waals surface area (Å²) in [6.07, 6.45) is 10.1. The fourth-order valence-electron chi connectivity index (χ4n) is 8.81. The lowest BCUT2D eigenvalue weighted by Crippen LogP contribution is -2.60. The molecule has 10 nitrogen and oxygen atoms in total. The minimum atomic E-state index is -1.58. The number of allylic oxidation sites excluding steroid dienone is 1. The molecule has 1 amide bonds. The number of hydrogen-bond acceptors (Lipinski definition) is 9. The molecule has 3 heterocycles. The highest BCUT2D eigenvalue weighted by Crippen LogP contribution is 2.47. The van der Waals surface area contributed by atoms with Gasteiger partial charge in [0, 0.05) is 68.9 Å². The lowest BCUT2D eigenvalue weighted by atomic mass is 9.63. The van der Waals surface area contributed by atoms with E-state index in [1.807, 2.05) is 32.2 Å². The fraction of sp³-hybridized carbons (Fsp3) is 0.619. The third-order valence-electron chi connectivity index (χ3n) is 12.5. The zero-order valence-corrected chi connectivity index (χ0v) is 34.2. The zero-order valence-electron chi connectivity index (χ0n) is 32.6. The van der Waals surface area contributed by atoms with Gasteiger partial charge in [-0.1, -0.05) is 50.1 Å². The summed E-state index contributed by atoms with van der Waals surface area (Å²) in [7, 11) is 2.40. The summed E-state index contributed by atoms with van der Waals surface area (Å²) < 4.78 is 35.3. The van der Waals surface area contributed by atoms with Crippen molar-refractivity contribution in [2.75, 3.05) is 78.1 Å². The number of carbonyl (C=O) groups is 2. The number of fused-ring (bicyclic) bond motifs is 2. The molecule has 2 fully saturated rings. The van der Waals surface area contributed by atoms with E-state index < -0.39 is 16.6 Å². The Bertz CT molecular complexity index is 1680. The van der Waals surface area contributed by atoms with Crippen molar-refractivity contribution in [2.24, 2.45) is 17.8 Å². The molecule has 1 saturated carbocycles. The van der Waals surface area contributed by atoms with Crippen molar-refractivity contribution < 1.29 is 28.0 Å². The normalized spacial score (nSPS) is 31.7. The number of aryl methyl sites for hydroxylation is 1. The Morgan fingerprint density at radius 3 is 2.69 bits per heavy atom. The van der Waals surface area contributed by atoms with E-state index in [-0.39, 0.29) is 41.6 Å². The number of halogens is 1. The number of rotatable bonds is 10. The number of benzene rings is 2. The molecule has 0 aromatic heterocycles. The molecular formula is C42H59ClN4O6S. The van der Waals surface area contributed by atoms with Crippen LogP contribution in [0.4, 0.5) is 5.69 Å². The van der Waals surface area contributed by atoms with E-state index in [0.29, 0.717) is 31.1 Å². The monoisotopic (exact) mass is 782 g/mol. The average Bonchev–Trinajstić information content (AvgIpc) is 3.33. The fourth-order valence-corrected chi connectivity index (χ4v) is 10.0. The second kappa shape index (κ2) is 18.4. The van der Waals surface area contributed by atoms with Gasteiger partial charge in [-0.05, 0) is 98.9 Å². The van der Waals surface area contributed by atoms with Crippen molar-refractivity contribution >= 4 is 40.5 Å². The summed E-state index contributed by atoms with van der Waals surface area (Å²) in [6, 6.07) is 12.0. The maximum atomic E-state index is 13.6. The highest BCUT2D eigenvalue weighted by Gasteiger charge is 2.49. The number of nitrogens with zero attached hydrogens (tertiary/aromatic N) is 3. The van der Waals surface area contributed by atoms with Crippen LogP contribution in [-0.2, 0) is 31.7 Å². The van der Waals surface area contributed by atoms with Gasteiger partial charge in [-0.15, -0.1) is 0 Å². The second-order valence-corrected chi connectivity index (χ2v) is 17.9. The third-order valence-corrected chi connectivity index (χ3v) is 14.2. The van der Waals surface area contributed by atoms with Gasteiger partial charge in [-0.25, -0.2) is 4.21 Å². The Morgan fingerprint density at radius 2 is 1.94 bits per heavy atom. The molecule has 2 aromatic rings. The third kappa shape index (κ3) is 9.24. The van der Waals surface area contributed by atoms with Gasteiger partial charge in [0.25, 0.3) is 5.91 Å². The molecule has 1 saturated heterocycles. The van der Waals surface area contributed by atoms with Gasteiger partial charge >= 0.3 is 0 Å². The van der Waals surface area contributed by atoms with Crippen LogP contribution in [0.15, 0.2) is 48.6 Å². The van der Waals surface area contributed by atoms with E-state index in [1.54, 1.807) is 6.07 Å². The molecule has 0 radical (unpaired) electrons. The second-order valence-electron chi connectivity index (χ2n) is 15.9. The molecule has 2 bridgehead atoms. The summed E-state index contributed by atoms with van der Waals surface area (Å²) in [6.45, 7) is 12.2. The van der Waals surface area contributed by atoms with Crippen LogP contribution < -0.4 is 14.4 Å². The molecule has 1 aliphatic carbocycles. The maximum Gasteiger partial charge on any atom is 0.263 e. The Kier molecular flexibility index (Phi) is 13.9. The number of ether oxygens (including phenoxy) is 3. The minimum Gasteiger partial charge on any atom is -0.491 e. The zero-order chi connectivity index (χ0) is 38.4. The van der Waals surface area contributed by atoms with Crippen LogP contribution in [0.3, 0.4) is 0 Å². The van der Waals surface area contributed by atoms with Crippen LogP contribution in [0.2, 0.25) is 5.02 Å². The van der Waals surface area contributed by atoms with E-state index in [2.05, 4.69) is 64.6 Å². The van der Waals surface area contributed by atoms with Gasteiger partial charge in [0.05, 0.1) is 24.2 Å². The Labute approximate surface area is 329 Å². The molecule has 296 valence electrons. The van der Waals surface area contributed by atoms with Crippen LogP contribution in [0.25, 0.3) is 0 Å². The SMILES string of the molecule is CCCc1cc(Cl)ccc1C1COc2ccc3cc2N(C1)CC1CCC1[C@@](CN1CCN(C)C(COCC=O)C1)(OC)/C=C/CC(C)C(C)S(=O)NC3=O. The molecule has 1 N–H and O–H groups in total. The molecule has 54 heavy (non-hydrogen) atoms. The van der Waals surface area contributed by atoms with E-state index in [9.17, 15) is 13.8 Å². The molecule has 2 aromatic carbocycles. The van der Waals surface area contributed by atoms with E-state index >= 15 is 0 Å². The van der Waals surface area contributed by atoms with Crippen LogP contribution in [0.1, 0.15) is 73.9 Å². The number of nitrogens with one attached hydrogen (secondary N) is 1. The smallest absolute Gasteiger partial charge is 0.263 e. The first-order valence-electron chi connectivity index (χ1n) is 19.7. The van der Waals surface area contributed by atoms with Crippen LogP contribution in [0, 0.1) is 17.8 Å². The molecule has 0 spiro atoms. The number of anilines is 1. The molecule has 12 heteroatoms. The van der Waals surface area contributed by atoms with Crippen molar-refractivity contribution in [1.82, 2.24) is 14.5 Å². The predicted molar refractivity (Wildman–Crippen MR) is 216 cm³/mol. The van der Waals surface area contributed by atoms with Gasteiger partial charge in [-0.3, -0.25) is 19.3 Å². The largest absolute Gasteiger partial charge is 0.491 e. The summed E-state index contributed by atoms with van der Waals surface area (Å²) in [5, 5.41) is 0.478. The van der Waals surface area contributed by atoms with Gasteiger partial charge in [-0.2, -0.15) is 0 Å². The van der Waals surface area contributed by atoms with Crippen molar-refractivity contribution in [3.8, 4) is 5.75 Å². The summed E-state index contributed by atoms with van der Waals surface area (Å²) in [5.74, 6) is 1.13. The molecule has 3 aliphatic heterocycles. The lowest BCUT2D eigenvalue weighted by Gasteiger charge is -2.52. The van der Waals surface area contributed by atoms with Crippen molar-refractivity contribution in [3.05, 3.63) is 70.3 Å². The van der Waals surface area contributed by atoms with E-state index in [0.717, 1.165) is 87.7 Å². The topological polar surface area (TPSA) is 101 Å². The van der Waals surface area contributed by atoms with Gasteiger partial charge in [0.2, 0.25) is 0 Å². The molecule has 7 unspecified atom stereocenters. The number of aldehydes is 1.